The van der Waals surface area contributed by atoms with Crippen molar-refractivity contribution >= 4 is 11.7 Å². The van der Waals surface area contributed by atoms with Crippen LogP contribution in [0, 0.1) is 11.6 Å². The molecule has 1 aromatic carbocycles. The molecule has 3 nitrogen and oxygen atoms in total. The SMILES string of the molecule is O=C1CC(=O)N(Cc2c(F)cccc2F)C1. The standard InChI is InChI=1S/C11H9F2NO2/c12-9-2-1-3-10(13)8(9)6-14-5-7(15)4-11(14)16/h1-3H,4-6H2. The molecule has 16 heavy (non-hydrogen) atoms. The number of rotatable bonds is 2. The Morgan fingerprint density at radius 3 is 2.31 bits per heavy atom. The second-order valence-electron chi connectivity index (χ2n) is 3.67. The molecule has 1 fully saturated rings. The third-order valence-electron chi connectivity index (χ3n) is 2.48. The molecule has 1 aliphatic heterocycles. The van der Waals surface area contributed by atoms with Crippen LogP contribution in [0.25, 0.3) is 0 Å². The number of hydrogen-bond donors (Lipinski definition) is 0. The Hall–Kier alpha value is -1.78. The Bertz CT molecular complexity index is 439. The smallest absolute Gasteiger partial charge is 0.230 e. The molecule has 0 bridgehead atoms. The Labute approximate surface area is 90.7 Å². The van der Waals surface area contributed by atoms with Crippen LogP contribution in [0.3, 0.4) is 0 Å². The molecule has 0 radical (unpaired) electrons. The lowest BCUT2D eigenvalue weighted by atomic mass is 10.2. The molecular formula is C11H9F2NO2. The van der Waals surface area contributed by atoms with Crippen LogP contribution >= 0.6 is 0 Å². The topological polar surface area (TPSA) is 37.4 Å². The van der Waals surface area contributed by atoms with E-state index in [2.05, 4.69) is 0 Å². The quantitative estimate of drug-likeness (QED) is 0.711. The van der Waals surface area contributed by atoms with Gasteiger partial charge in [-0.2, -0.15) is 0 Å². The van der Waals surface area contributed by atoms with Gasteiger partial charge in [0, 0.05) is 5.56 Å². The van der Waals surface area contributed by atoms with Crippen molar-refractivity contribution in [3.8, 4) is 0 Å². The molecule has 0 spiro atoms. The van der Waals surface area contributed by atoms with Gasteiger partial charge in [-0.05, 0) is 12.1 Å². The van der Waals surface area contributed by atoms with Gasteiger partial charge in [0.15, 0.2) is 5.78 Å². The Morgan fingerprint density at radius 2 is 1.81 bits per heavy atom. The molecular weight excluding hydrogens is 216 g/mol. The van der Waals surface area contributed by atoms with Gasteiger partial charge in [-0.15, -0.1) is 0 Å². The molecule has 1 amide bonds. The zero-order valence-electron chi connectivity index (χ0n) is 8.37. The van der Waals surface area contributed by atoms with Crippen molar-refractivity contribution in [2.75, 3.05) is 6.54 Å². The van der Waals surface area contributed by atoms with Crippen LogP contribution in [0.15, 0.2) is 18.2 Å². The van der Waals surface area contributed by atoms with E-state index in [1.165, 1.54) is 6.07 Å². The van der Waals surface area contributed by atoms with Crippen LogP contribution in [0.2, 0.25) is 0 Å². The molecule has 0 atom stereocenters. The summed E-state index contributed by atoms with van der Waals surface area (Å²) in [5.41, 5.74) is -0.175. The summed E-state index contributed by atoms with van der Waals surface area (Å²) in [6.07, 6.45) is -0.171. The zero-order valence-corrected chi connectivity index (χ0v) is 8.37. The predicted octanol–water partition coefficient (Wildman–Crippen LogP) is 1.27. The minimum Gasteiger partial charge on any atom is -0.330 e. The van der Waals surface area contributed by atoms with Crippen LogP contribution in [-0.2, 0) is 16.1 Å². The first-order valence-corrected chi connectivity index (χ1v) is 4.80. The van der Waals surface area contributed by atoms with Gasteiger partial charge in [-0.25, -0.2) is 8.78 Å². The third kappa shape index (κ3) is 1.93. The van der Waals surface area contributed by atoms with Crippen molar-refractivity contribution in [2.24, 2.45) is 0 Å². The van der Waals surface area contributed by atoms with Gasteiger partial charge in [0.25, 0.3) is 0 Å². The second-order valence-corrected chi connectivity index (χ2v) is 3.67. The first kappa shape index (κ1) is 10.7. The largest absolute Gasteiger partial charge is 0.330 e. The van der Waals surface area contributed by atoms with E-state index < -0.39 is 11.6 Å². The molecule has 0 aliphatic carbocycles. The van der Waals surface area contributed by atoms with Gasteiger partial charge in [-0.3, -0.25) is 9.59 Å². The summed E-state index contributed by atoms with van der Waals surface area (Å²) >= 11 is 0. The summed E-state index contributed by atoms with van der Waals surface area (Å²) < 4.78 is 26.5. The summed E-state index contributed by atoms with van der Waals surface area (Å²) in [6, 6.07) is 3.51. The predicted molar refractivity (Wildman–Crippen MR) is 51.4 cm³/mol. The molecule has 84 valence electrons. The third-order valence-corrected chi connectivity index (χ3v) is 2.48. The number of carbonyl (C=O) groups excluding carboxylic acids is 2. The van der Waals surface area contributed by atoms with Crippen LogP contribution in [0.1, 0.15) is 12.0 Å². The highest BCUT2D eigenvalue weighted by Gasteiger charge is 2.28. The molecule has 1 aromatic rings. The Kier molecular flexibility index (Phi) is 2.68. The molecule has 5 heteroatoms. The lowest BCUT2D eigenvalue weighted by Crippen LogP contribution is -2.25. The van der Waals surface area contributed by atoms with Crippen molar-refractivity contribution in [2.45, 2.75) is 13.0 Å². The number of nitrogens with zero attached hydrogens (tertiary/aromatic N) is 1. The first-order valence-electron chi connectivity index (χ1n) is 4.80. The average molecular weight is 225 g/mol. The van der Waals surface area contributed by atoms with E-state index in [1.807, 2.05) is 0 Å². The van der Waals surface area contributed by atoms with E-state index in [9.17, 15) is 18.4 Å². The van der Waals surface area contributed by atoms with Crippen LogP contribution in [0.5, 0.6) is 0 Å². The van der Waals surface area contributed by atoms with Crippen LogP contribution < -0.4 is 0 Å². The summed E-state index contributed by atoms with van der Waals surface area (Å²) in [7, 11) is 0. The van der Waals surface area contributed by atoms with Crippen LogP contribution in [-0.4, -0.2) is 23.1 Å². The lowest BCUT2D eigenvalue weighted by Gasteiger charge is -2.15. The molecule has 0 unspecified atom stereocenters. The minimum atomic E-state index is -0.702. The zero-order chi connectivity index (χ0) is 11.7. The fraction of sp³-hybridized carbons (Fsp3) is 0.273. The van der Waals surface area contributed by atoms with E-state index in [0.29, 0.717) is 0 Å². The molecule has 1 heterocycles. The number of likely N-dealkylation sites (tertiary alicyclic amines) is 1. The fourth-order valence-electron chi connectivity index (χ4n) is 1.66. The normalized spacial score (nSPS) is 16.0. The summed E-state index contributed by atoms with van der Waals surface area (Å²) in [5.74, 6) is -2.01. The average Bonchev–Trinajstić information content (AvgIpc) is 2.51. The van der Waals surface area contributed by atoms with Crippen molar-refractivity contribution in [3.63, 3.8) is 0 Å². The molecule has 0 N–H and O–H groups in total. The number of carbonyl (C=O) groups is 2. The number of halogens is 2. The molecule has 0 saturated carbocycles. The van der Waals surface area contributed by atoms with Gasteiger partial charge < -0.3 is 4.90 Å². The maximum absolute atomic E-state index is 13.3. The highest BCUT2D eigenvalue weighted by Crippen LogP contribution is 2.17. The second kappa shape index (κ2) is 4.00. The maximum Gasteiger partial charge on any atom is 0.230 e. The molecule has 0 aromatic heterocycles. The Morgan fingerprint density at radius 1 is 1.19 bits per heavy atom. The van der Waals surface area contributed by atoms with Crippen molar-refractivity contribution in [1.29, 1.82) is 0 Å². The number of benzene rings is 1. The maximum atomic E-state index is 13.3. The number of hydrogen-bond acceptors (Lipinski definition) is 2. The van der Waals surface area contributed by atoms with Crippen molar-refractivity contribution in [3.05, 3.63) is 35.4 Å². The summed E-state index contributed by atoms with van der Waals surface area (Å²) in [4.78, 5) is 23.4. The van der Waals surface area contributed by atoms with E-state index in [0.717, 1.165) is 17.0 Å². The van der Waals surface area contributed by atoms with E-state index in [4.69, 9.17) is 0 Å². The number of amides is 1. The lowest BCUT2D eigenvalue weighted by molar-refractivity contribution is -0.128. The Balaban J connectivity index is 2.21. The summed E-state index contributed by atoms with van der Waals surface area (Å²) in [6.45, 7) is -0.254. The summed E-state index contributed by atoms with van der Waals surface area (Å²) in [5, 5.41) is 0. The van der Waals surface area contributed by atoms with E-state index in [-0.39, 0.29) is 36.8 Å². The molecule has 1 aliphatic rings. The highest BCUT2D eigenvalue weighted by molar-refractivity contribution is 6.05. The monoisotopic (exact) mass is 225 g/mol. The van der Waals surface area contributed by atoms with Gasteiger partial charge in [0.1, 0.15) is 11.6 Å². The van der Waals surface area contributed by atoms with Crippen LogP contribution in [0.4, 0.5) is 8.78 Å². The van der Waals surface area contributed by atoms with Gasteiger partial charge in [0.2, 0.25) is 5.91 Å². The fourth-order valence-corrected chi connectivity index (χ4v) is 1.66. The first-order chi connectivity index (χ1) is 7.58. The van der Waals surface area contributed by atoms with Gasteiger partial charge in [0.05, 0.1) is 19.5 Å². The highest BCUT2D eigenvalue weighted by atomic mass is 19.1. The molecule has 2 rings (SSSR count). The minimum absolute atomic E-state index is 0.0629. The van der Waals surface area contributed by atoms with Gasteiger partial charge >= 0.3 is 0 Å². The van der Waals surface area contributed by atoms with Gasteiger partial charge in [-0.1, -0.05) is 6.07 Å². The van der Waals surface area contributed by atoms with E-state index in [1.54, 1.807) is 0 Å². The van der Waals surface area contributed by atoms with E-state index >= 15 is 0 Å². The van der Waals surface area contributed by atoms with Crippen molar-refractivity contribution in [1.82, 2.24) is 4.90 Å². The number of ketones is 1. The number of Topliss-reactive ketones (excluding diaryl/α,β-unsaturated/α-hetero) is 1. The van der Waals surface area contributed by atoms with Crippen molar-refractivity contribution < 1.29 is 18.4 Å². The molecule has 1 saturated heterocycles.